The molecule has 0 amide bonds. The molecule has 27 heavy (non-hydrogen) atoms. The molecule has 0 radical (unpaired) electrons. The Bertz CT molecular complexity index is 713. The van der Waals surface area contributed by atoms with E-state index >= 15 is 0 Å². The lowest BCUT2D eigenvalue weighted by molar-refractivity contribution is -0.236. The van der Waals surface area contributed by atoms with Crippen molar-refractivity contribution in [2.24, 2.45) is 0 Å². The van der Waals surface area contributed by atoms with Crippen molar-refractivity contribution in [1.29, 1.82) is 0 Å². The van der Waals surface area contributed by atoms with Crippen LogP contribution in [0.15, 0.2) is 24.3 Å². The second-order valence-corrected chi connectivity index (χ2v) is 7.69. The topological polar surface area (TPSA) is 81.7 Å². The zero-order valence-corrected chi connectivity index (χ0v) is 16.0. The van der Waals surface area contributed by atoms with Gasteiger partial charge in [0, 0.05) is 0 Å². The number of esters is 1. The fourth-order valence-corrected chi connectivity index (χ4v) is 3.62. The van der Waals surface area contributed by atoms with Crippen LogP contribution in [0.1, 0.15) is 27.7 Å². The second-order valence-electron chi connectivity index (χ2n) is 7.69. The molecule has 0 saturated carbocycles. The van der Waals surface area contributed by atoms with Crippen molar-refractivity contribution in [1.82, 2.24) is 0 Å². The van der Waals surface area contributed by atoms with Crippen LogP contribution in [-0.4, -0.2) is 55.4 Å². The zero-order chi connectivity index (χ0) is 19.4. The summed E-state index contributed by atoms with van der Waals surface area (Å²) in [5.74, 6) is -1.25. The van der Waals surface area contributed by atoms with Crippen LogP contribution in [0.2, 0.25) is 0 Å². The molecule has 4 rings (SSSR count). The summed E-state index contributed by atoms with van der Waals surface area (Å²) in [4.78, 5) is 12.8. The van der Waals surface area contributed by atoms with E-state index in [0.717, 1.165) is 0 Å². The Labute approximate surface area is 157 Å². The van der Waals surface area contributed by atoms with Crippen molar-refractivity contribution >= 4 is 5.97 Å². The van der Waals surface area contributed by atoms with Crippen molar-refractivity contribution < 1.29 is 38.0 Å². The van der Waals surface area contributed by atoms with E-state index in [0.29, 0.717) is 11.5 Å². The van der Waals surface area contributed by atoms with Gasteiger partial charge in [0.15, 0.2) is 24.0 Å². The van der Waals surface area contributed by atoms with Gasteiger partial charge in [-0.3, -0.25) is 0 Å². The maximum absolute atomic E-state index is 12.8. The molecule has 3 aliphatic rings. The Hall–Kier alpha value is -1.71. The molecule has 0 spiro atoms. The van der Waals surface area contributed by atoms with Gasteiger partial charge in [0.2, 0.25) is 0 Å². The van der Waals surface area contributed by atoms with Crippen LogP contribution in [-0.2, 0) is 28.5 Å². The Kier molecular flexibility index (Phi) is 4.44. The molecule has 5 atom stereocenters. The molecule has 3 saturated heterocycles. The highest BCUT2D eigenvalue weighted by Crippen LogP contribution is 2.44. The molecular formula is C19H24O8. The first-order valence-corrected chi connectivity index (χ1v) is 8.90. The number of hydrogen-bond donors (Lipinski definition) is 0. The van der Waals surface area contributed by atoms with Gasteiger partial charge in [-0.2, -0.15) is 0 Å². The van der Waals surface area contributed by atoms with Gasteiger partial charge in [-0.05, 0) is 52.0 Å². The number of ether oxygens (including phenoxy) is 7. The molecule has 3 aliphatic heterocycles. The first-order valence-electron chi connectivity index (χ1n) is 8.90. The molecule has 1 aromatic rings. The summed E-state index contributed by atoms with van der Waals surface area (Å²) in [5, 5.41) is 0. The predicted octanol–water partition coefficient (Wildman–Crippen LogP) is 2.00. The van der Waals surface area contributed by atoms with Gasteiger partial charge in [-0.15, -0.1) is 0 Å². The monoisotopic (exact) mass is 380 g/mol. The van der Waals surface area contributed by atoms with E-state index < -0.39 is 48.2 Å². The largest absolute Gasteiger partial charge is 0.497 e. The molecule has 0 unspecified atom stereocenters. The Balaban J connectivity index is 1.55. The van der Waals surface area contributed by atoms with Gasteiger partial charge >= 0.3 is 5.97 Å². The van der Waals surface area contributed by atoms with Crippen LogP contribution < -0.4 is 9.47 Å². The van der Waals surface area contributed by atoms with Gasteiger partial charge in [0.25, 0.3) is 0 Å². The standard InChI is InChI=1S/C19H24O8/c1-18(2)24-12-13(25-18)15-17(27-19(3,4)26-15)23-14(12)16(20)22-11-8-6-10(21-5)7-9-11/h6-9,12-15,17H,1-5H3/t12-,13+,14+,15+,17+/m0/s1. The van der Waals surface area contributed by atoms with Gasteiger partial charge in [0.1, 0.15) is 29.8 Å². The lowest BCUT2D eigenvalue weighted by Crippen LogP contribution is -2.58. The summed E-state index contributed by atoms with van der Waals surface area (Å²) >= 11 is 0. The number of methoxy groups -OCH3 is 1. The third-order valence-corrected chi connectivity index (χ3v) is 4.66. The van der Waals surface area contributed by atoms with Crippen molar-refractivity contribution in [2.45, 2.75) is 70.0 Å². The molecule has 0 aromatic heterocycles. The van der Waals surface area contributed by atoms with E-state index in [1.165, 1.54) is 0 Å². The molecule has 0 N–H and O–H groups in total. The number of carbonyl (C=O) groups excluding carboxylic acids is 1. The zero-order valence-electron chi connectivity index (χ0n) is 16.0. The van der Waals surface area contributed by atoms with Gasteiger partial charge in [0.05, 0.1) is 7.11 Å². The minimum atomic E-state index is -1.00. The van der Waals surface area contributed by atoms with Crippen LogP contribution in [0, 0.1) is 0 Å². The summed E-state index contributed by atoms with van der Waals surface area (Å²) in [7, 11) is 1.57. The molecule has 3 fully saturated rings. The minimum absolute atomic E-state index is 0.380. The fourth-order valence-electron chi connectivity index (χ4n) is 3.62. The first-order chi connectivity index (χ1) is 12.7. The van der Waals surface area contributed by atoms with Crippen molar-refractivity contribution in [3.05, 3.63) is 24.3 Å². The van der Waals surface area contributed by atoms with Gasteiger partial charge in [-0.25, -0.2) is 4.79 Å². The van der Waals surface area contributed by atoms with E-state index in [-0.39, 0.29) is 0 Å². The van der Waals surface area contributed by atoms with Crippen LogP contribution in [0.4, 0.5) is 0 Å². The van der Waals surface area contributed by atoms with Gasteiger partial charge < -0.3 is 33.2 Å². The maximum Gasteiger partial charge on any atom is 0.343 e. The summed E-state index contributed by atoms with van der Waals surface area (Å²) in [6, 6.07) is 6.71. The van der Waals surface area contributed by atoms with E-state index in [1.54, 1.807) is 59.1 Å². The SMILES string of the molecule is COc1ccc(OC(=O)[C@@H]2O[C@@H]3OC(C)(C)O[C@@H]3[C@@H]3OC(C)(C)O[C@@H]32)cc1. The number of carbonyl (C=O) groups is 1. The minimum Gasteiger partial charge on any atom is -0.497 e. The fraction of sp³-hybridized carbons (Fsp3) is 0.632. The highest BCUT2D eigenvalue weighted by molar-refractivity contribution is 5.78. The highest BCUT2D eigenvalue weighted by Gasteiger charge is 2.62. The average Bonchev–Trinajstić information content (AvgIpc) is 3.08. The summed E-state index contributed by atoms with van der Waals surface area (Å²) in [5.41, 5.74) is 0. The molecule has 0 bridgehead atoms. The quantitative estimate of drug-likeness (QED) is 0.582. The predicted molar refractivity (Wildman–Crippen MR) is 91.2 cm³/mol. The summed E-state index contributed by atoms with van der Waals surface area (Å²) in [6.07, 6.45) is -3.40. The van der Waals surface area contributed by atoms with E-state index in [2.05, 4.69) is 0 Å². The molecule has 3 heterocycles. The van der Waals surface area contributed by atoms with E-state index in [9.17, 15) is 4.79 Å². The number of rotatable bonds is 3. The smallest absolute Gasteiger partial charge is 0.343 e. The highest BCUT2D eigenvalue weighted by atomic mass is 16.9. The second kappa shape index (κ2) is 6.42. The maximum atomic E-state index is 12.8. The first kappa shape index (κ1) is 18.6. The van der Waals surface area contributed by atoms with Crippen LogP contribution in [0.5, 0.6) is 11.5 Å². The third-order valence-electron chi connectivity index (χ3n) is 4.66. The normalized spacial score (nSPS) is 36.0. The van der Waals surface area contributed by atoms with Crippen LogP contribution in [0.3, 0.4) is 0 Å². The Morgan fingerprint density at radius 3 is 2.07 bits per heavy atom. The molecule has 8 nitrogen and oxygen atoms in total. The number of hydrogen-bond acceptors (Lipinski definition) is 8. The van der Waals surface area contributed by atoms with Crippen LogP contribution in [0.25, 0.3) is 0 Å². The van der Waals surface area contributed by atoms with Crippen LogP contribution >= 0.6 is 0 Å². The molecule has 8 heteroatoms. The number of benzene rings is 1. The van der Waals surface area contributed by atoms with Crippen molar-refractivity contribution in [2.75, 3.05) is 7.11 Å². The molecule has 1 aromatic carbocycles. The Morgan fingerprint density at radius 2 is 1.41 bits per heavy atom. The molecular weight excluding hydrogens is 356 g/mol. The third kappa shape index (κ3) is 3.55. The van der Waals surface area contributed by atoms with E-state index in [4.69, 9.17) is 33.2 Å². The van der Waals surface area contributed by atoms with Gasteiger partial charge in [-0.1, -0.05) is 0 Å². The lowest BCUT2D eigenvalue weighted by atomic mass is 9.99. The summed E-state index contributed by atoms with van der Waals surface area (Å²) < 4.78 is 40.1. The van der Waals surface area contributed by atoms with Crippen molar-refractivity contribution in [3.8, 4) is 11.5 Å². The summed E-state index contributed by atoms with van der Waals surface area (Å²) in [6.45, 7) is 7.14. The van der Waals surface area contributed by atoms with Crippen molar-refractivity contribution in [3.63, 3.8) is 0 Å². The Morgan fingerprint density at radius 1 is 0.852 bits per heavy atom. The van der Waals surface area contributed by atoms with E-state index in [1.807, 2.05) is 0 Å². The molecule has 148 valence electrons. The molecule has 0 aliphatic carbocycles. The number of fused-ring (bicyclic) bond motifs is 3. The average molecular weight is 380 g/mol. The lowest BCUT2D eigenvalue weighted by Gasteiger charge is -2.35.